The van der Waals surface area contributed by atoms with Crippen molar-refractivity contribution in [1.29, 1.82) is 0 Å². The number of carbonyl (C=O) groups excluding carboxylic acids is 1. The minimum Gasteiger partial charge on any atom is -0.494 e. The predicted octanol–water partition coefficient (Wildman–Crippen LogP) is 6.61. The summed E-state index contributed by atoms with van der Waals surface area (Å²) < 4.78 is 7.49. The first-order valence-electron chi connectivity index (χ1n) is 9.91. The van der Waals surface area contributed by atoms with Crippen LogP contribution in [0.5, 0.6) is 5.75 Å². The molecule has 0 radical (unpaired) electrons. The zero-order valence-electron chi connectivity index (χ0n) is 17.2. The van der Waals surface area contributed by atoms with Crippen LogP contribution in [0, 0.1) is 0 Å². The SMILES string of the molecule is CCOc1ccc(-n2c(SCC(=O)c3ccc(Cl)cc3)nnc2-c2ccc(Cl)cc2)cc1. The van der Waals surface area contributed by atoms with Crippen molar-refractivity contribution in [3.8, 4) is 22.8 Å². The van der Waals surface area contributed by atoms with E-state index in [2.05, 4.69) is 10.2 Å². The Bertz CT molecular complexity index is 1210. The summed E-state index contributed by atoms with van der Waals surface area (Å²) >= 11 is 13.3. The molecule has 0 bridgehead atoms. The monoisotopic (exact) mass is 483 g/mol. The molecule has 0 aliphatic carbocycles. The number of nitrogens with zero attached hydrogens (tertiary/aromatic N) is 3. The summed E-state index contributed by atoms with van der Waals surface area (Å²) in [4.78, 5) is 12.7. The summed E-state index contributed by atoms with van der Waals surface area (Å²) in [5, 5.41) is 10.6. The van der Waals surface area contributed by atoms with E-state index < -0.39 is 0 Å². The summed E-state index contributed by atoms with van der Waals surface area (Å²) in [6.45, 7) is 2.54. The molecule has 3 aromatic carbocycles. The molecule has 0 atom stereocenters. The van der Waals surface area contributed by atoms with Gasteiger partial charge in [0.1, 0.15) is 5.75 Å². The Kier molecular flexibility index (Phi) is 7.15. The topological polar surface area (TPSA) is 57.0 Å². The van der Waals surface area contributed by atoms with Gasteiger partial charge in [-0.05, 0) is 79.7 Å². The van der Waals surface area contributed by atoms with Gasteiger partial charge in [0, 0.05) is 26.9 Å². The number of carbonyl (C=O) groups is 1. The third-order valence-corrected chi connectivity index (χ3v) is 6.07. The van der Waals surface area contributed by atoms with Crippen molar-refractivity contribution in [3.05, 3.63) is 88.4 Å². The molecule has 0 saturated carbocycles. The second-order valence-electron chi connectivity index (χ2n) is 6.79. The van der Waals surface area contributed by atoms with E-state index in [1.807, 2.05) is 60.0 Å². The Morgan fingerprint density at radius 2 is 1.53 bits per heavy atom. The minimum absolute atomic E-state index is 0.0130. The van der Waals surface area contributed by atoms with Crippen LogP contribution >= 0.6 is 35.0 Å². The number of thioether (sulfide) groups is 1. The van der Waals surface area contributed by atoms with Gasteiger partial charge in [0.25, 0.3) is 0 Å². The summed E-state index contributed by atoms with van der Waals surface area (Å²) in [5.41, 5.74) is 2.34. The van der Waals surface area contributed by atoms with Gasteiger partial charge in [0.15, 0.2) is 16.8 Å². The fourth-order valence-electron chi connectivity index (χ4n) is 3.09. The molecule has 1 aromatic heterocycles. The van der Waals surface area contributed by atoms with Crippen molar-refractivity contribution in [2.75, 3.05) is 12.4 Å². The van der Waals surface area contributed by atoms with E-state index in [9.17, 15) is 4.79 Å². The lowest BCUT2D eigenvalue weighted by Gasteiger charge is -2.11. The molecule has 32 heavy (non-hydrogen) atoms. The summed E-state index contributed by atoms with van der Waals surface area (Å²) in [5.74, 6) is 1.65. The maximum absolute atomic E-state index is 12.7. The van der Waals surface area contributed by atoms with Crippen LogP contribution in [0.4, 0.5) is 0 Å². The molecule has 0 unspecified atom stereocenters. The van der Waals surface area contributed by atoms with Crippen molar-refractivity contribution in [2.24, 2.45) is 0 Å². The van der Waals surface area contributed by atoms with Crippen LogP contribution in [0.3, 0.4) is 0 Å². The molecular formula is C24H19Cl2N3O2S. The maximum Gasteiger partial charge on any atom is 0.196 e. The number of ether oxygens (including phenoxy) is 1. The van der Waals surface area contributed by atoms with Crippen molar-refractivity contribution < 1.29 is 9.53 Å². The van der Waals surface area contributed by atoms with Crippen LogP contribution in [0.25, 0.3) is 17.1 Å². The molecule has 5 nitrogen and oxygen atoms in total. The molecule has 162 valence electrons. The van der Waals surface area contributed by atoms with Gasteiger partial charge in [-0.2, -0.15) is 0 Å². The predicted molar refractivity (Wildman–Crippen MR) is 129 cm³/mol. The Morgan fingerprint density at radius 1 is 0.906 bits per heavy atom. The zero-order chi connectivity index (χ0) is 22.5. The molecule has 0 aliphatic heterocycles. The fourth-order valence-corrected chi connectivity index (χ4v) is 4.19. The molecule has 4 aromatic rings. The van der Waals surface area contributed by atoms with E-state index in [1.165, 1.54) is 11.8 Å². The smallest absolute Gasteiger partial charge is 0.196 e. The van der Waals surface area contributed by atoms with Gasteiger partial charge < -0.3 is 4.74 Å². The molecule has 1 heterocycles. The molecule has 8 heteroatoms. The largest absolute Gasteiger partial charge is 0.494 e. The van der Waals surface area contributed by atoms with Crippen molar-refractivity contribution in [2.45, 2.75) is 12.1 Å². The second-order valence-corrected chi connectivity index (χ2v) is 8.61. The third kappa shape index (κ3) is 5.15. The van der Waals surface area contributed by atoms with Crippen LogP contribution in [-0.4, -0.2) is 32.9 Å². The molecule has 0 saturated heterocycles. The first-order chi connectivity index (χ1) is 15.5. The molecule has 0 amide bonds. The van der Waals surface area contributed by atoms with Gasteiger partial charge in [0.05, 0.1) is 12.4 Å². The highest BCUT2D eigenvalue weighted by atomic mass is 35.5. The number of benzene rings is 3. The van der Waals surface area contributed by atoms with Crippen LogP contribution in [0.15, 0.2) is 78.0 Å². The van der Waals surface area contributed by atoms with Gasteiger partial charge >= 0.3 is 0 Å². The van der Waals surface area contributed by atoms with E-state index in [0.717, 1.165) is 17.0 Å². The quantitative estimate of drug-likeness (QED) is 0.208. The van der Waals surface area contributed by atoms with Gasteiger partial charge in [-0.25, -0.2) is 0 Å². The number of Topliss-reactive ketones (excluding diaryl/α,β-unsaturated/α-hetero) is 1. The molecule has 0 spiro atoms. The van der Waals surface area contributed by atoms with E-state index >= 15 is 0 Å². The van der Waals surface area contributed by atoms with Gasteiger partial charge in [-0.1, -0.05) is 35.0 Å². The van der Waals surface area contributed by atoms with Crippen LogP contribution in [-0.2, 0) is 0 Å². The Hall–Kier alpha value is -2.80. The van der Waals surface area contributed by atoms with Crippen LogP contribution < -0.4 is 4.74 Å². The van der Waals surface area contributed by atoms with Gasteiger partial charge in [0.2, 0.25) is 0 Å². The number of hydrogen-bond acceptors (Lipinski definition) is 5. The number of hydrogen-bond donors (Lipinski definition) is 0. The Balaban J connectivity index is 1.66. The van der Waals surface area contributed by atoms with Crippen molar-refractivity contribution in [1.82, 2.24) is 14.8 Å². The average Bonchev–Trinajstić information content (AvgIpc) is 3.23. The number of ketones is 1. The molecule has 0 N–H and O–H groups in total. The highest BCUT2D eigenvalue weighted by molar-refractivity contribution is 7.99. The van der Waals surface area contributed by atoms with E-state index in [1.54, 1.807) is 24.3 Å². The summed E-state index contributed by atoms with van der Waals surface area (Å²) in [7, 11) is 0. The maximum atomic E-state index is 12.7. The minimum atomic E-state index is -0.0130. The van der Waals surface area contributed by atoms with E-state index in [-0.39, 0.29) is 11.5 Å². The summed E-state index contributed by atoms with van der Waals surface area (Å²) in [6, 6.07) is 22.0. The average molecular weight is 484 g/mol. The van der Waals surface area contributed by atoms with Gasteiger partial charge in [-0.15, -0.1) is 10.2 Å². The second kappa shape index (κ2) is 10.2. The fraction of sp³-hybridized carbons (Fsp3) is 0.125. The first-order valence-corrected chi connectivity index (χ1v) is 11.7. The van der Waals surface area contributed by atoms with Crippen LogP contribution in [0.1, 0.15) is 17.3 Å². The van der Waals surface area contributed by atoms with Crippen LogP contribution in [0.2, 0.25) is 10.0 Å². The molecule has 0 fully saturated rings. The lowest BCUT2D eigenvalue weighted by molar-refractivity contribution is 0.102. The Morgan fingerprint density at radius 3 is 2.16 bits per heavy atom. The highest BCUT2D eigenvalue weighted by Crippen LogP contribution is 2.30. The van der Waals surface area contributed by atoms with E-state index in [4.69, 9.17) is 27.9 Å². The lowest BCUT2D eigenvalue weighted by Crippen LogP contribution is -2.05. The molecular weight excluding hydrogens is 465 g/mol. The standard InChI is InChI=1S/C24H19Cl2N3O2S/c1-2-31-21-13-11-20(12-14-21)29-23(17-5-9-19(26)10-6-17)27-28-24(29)32-15-22(30)16-3-7-18(25)8-4-16/h3-14H,2,15H2,1H3. The zero-order valence-corrected chi connectivity index (χ0v) is 19.5. The number of aromatic nitrogens is 3. The number of rotatable bonds is 8. The number of halogens is 2. The Labute approximate surface area is 200 Å². The first kappa shape index (κ1) is 22.4. The lowest BCUT2D eigenvalue weighted by atomic mass is 10.1. The third-order valence-electron chi connectivity index (χ3n) is 4.64. The molecule has 4 rings (SSSR count). The van der Waals surface area contributed by atoms with Crippen molar-refractivity contribution in [3.63, 3.8) is 0 Å². The normalized spacial score (nSPS) is 10.8. The molecule has 0 aliphatic rings. The summed E-state index contributed by atoms with van der Waals surface area (Å²) in [6.07, 6.45) is 0. The van der Waals surface area contributed by atoms with Gasteiger partial charge in [-0.3, -0.25) is 9.36 Å². The van der Waals surface area contributed by atoms with Crippen molar-refractivity contribution >= 4 is 40.7 Å². The van der Waals surface area contributed by atoms with E-state index in [0.29, 0.717) is 33.2 Å². The highest BCUT2D eigenvalue weighted by Gasteiger charge is 2.18.